The van der Waals surface area contributed by atoms with Gasteiger partial charge in [0.2, 0.25) is 0 Å². The highest BCUT2D eigenvalue weighted by atomic mass is 19.1. The highest BCUT2D eigenvalue weighted by Gasteiger charge is 2.24. The second-order valence-electron chi connectivity index (χ2n) is 7.74. The van der Waals surface area contributed by atoms with E-state index in [0.29, 0.717) is 17.7 Å². The molecule has 3 aromatic carbocycles. The van der Waals surface area contributed by atoms with E-state index in [1.807, 2.05) is 38.1 Å². The van der Waals surface area contributed by atoms with Gasteiger partial charge in [-0.15, -0.1) is 0 Å². The summed E-state index contributed by atoms with van der Waals surface area (Å²) < 4.78 is 13.2. The van der Waals surface area contributed by atoms with E-state index in [4.69, 9.17) is 0 Å². The fraction of sp³-hybridized carbons (Fsp3) is 0.200. The molecule has 30 heavy (non-hydrogen) atoms. The number of fused-ring (bicyclic) bond motifs is 1. The molecule has 0 atom stereocenters. The molecule has 0 aromatic heterocycles. The zero-order valence-electron chi connectivity index (χ0n) is 17.0. The highest BCUT2D eigenvalue weighted by Crippen LogP contribution is 2.30. The van der Waals surface area contributed by atoms with Gasteiger partial charge in [0.1, 0.15) is 5.82 Å². The van der Waals surface area contributed by atoms with Crippen LogP contribution < -0.4 is 10.2 Å². The summed E-state index contributed by atoms with van der Waals surface area (Å²) in [6.45, 7) is 4.58. The third-order valence-electron chi connectivity index (χ3n) is 5.28. The van der Waals surface area contributed by atoms with Gasteiger partial charge in [0.25, 0.3) is 11.8 Å². The first kappa shape index (κ1) is 19.8. The number of amides is 2. The predicted molar refractivity (Wildman–Crippen MR) is 117 cm³/mol. The van der Waals surface area contributed by atoms with Crippen molar-refractivity contribution in [2.24, 2.45) is 0 Å². The lowest BCUT2D eigenvalue weighted by atomic mass is 9.98. The Balaban J connectivity index is 1.57. The van der Waals surface area contributed by atoms with Gasteiger partial charge in [-0.25, -0.2) is 4.39 Å². The number of aryl methyl sites for hydroxylation is 3. The Morgan fingerprint density at radius 3 is 2.27 bits per heavy atom. The Bertz CT molecular complexity index is 1100. The van der Waals surface area contributed by atoms with E-state index in [-0.39, 0.29) is 17.6 Å². The van der Waals surface area contributed by atoms with Crippen LogP contribution in [0.2, 0.25) is 0 Å². The number of nitrogens with zero attached hydrogens (tertiary/aromatic N) is 1. The molecule has 1 aliphatic heterocycles. The lowest BCUT2D eigenvalue weighted by Crippen LogP contribution is -2.35. The van der Waals surface area contributed by atoms with E-state index >= 15 is 0 Å². The van der Waals surface area contributed by atoms with Crippen LogP contribution in [0.3, 0.4) is 0 Å². The Morgan fingerprint density at radius 2 is 1.57 bits per heavy atom. The van der Waals surface area contributed by atoms with Crippen LogP contribution in [0.15, 0.2) is 60.7 Å². The van der Waals surface area contributed by atoms with Gasteiger partial charge in [-0.1, -0.05) is 6.07 Å². The van der Waals surface area contributed by atoms with Gasteiger partial charge < -0.3 is 10.2 Å². The molecule has 4 nitrogen and oxygen atoms in total. The number of carbonyl (C=O) groups is 2. The van der Waals surface area contributed by atoms with E-state index in [1.54, 1.807) is 11.0 Å². The van der Waals surface area contributed by atoms with Crippen molar-refractivity contribution in [3.8, 4) is 0 Å². The van der Waals surface area contributed by atoms with Gasteiger partial charge in [-0.2, -0.15) is 0 Å². The van der Waals surface area contributed by atoms with Crippen molar-refractivity contribution in [1.29, 1.82) is 0 Å². The molecule has 0 saturated carbocycles. The number of nitrogens with one attached hydrogen (secondary N) is 1. The van der Waals surface area contributed by atoms with Gasteiger partial charge in [-0.05, 0) is 98.0 Å². The first-order valence-electron chi connectivity index (χ1n) is 10.0. The smallest absolute Gasteiger partial charge is 0.258 e. The molecule has 0 unspecified atom stereocenters. The van der Waals surface area contributed by atoms with Crippen molar-refractivity contribution in [3.63, 3.8) is 0 Å². The minimum atomic E-state index is -0.370. The molecule has 4 rings (SSSR count). The zero-order valence-corrected chi connectivity index (χ0v) is 17.0. The van der Waals surface area contributed by atoms with Crippen LogP contribution in [-0.4, -0.2) is 18.4 Å². The molecule has 0 radical (unpaired) electrons. The molecular weight excluding hydrogens is 379 g/mol. The molecule has 0 saturated heterocycles. The average molecular weight is 402 g/mol. The van der Waals surface area contributed by atoms with Crippen LogP contribution in [-0.2, 0) is 6.42 Å². The zero-order chi connectivity index (χ0) is 21.3. The standard InChI is InChI=1S/C25H23FN2O2/c1-16-12-17(2)14-22(13-16)27-24(29)20-7-10-23-19(15-20)4-3-11-28(23)25(30)18-5-8-21(26)9-6-18/h5-10,12-15H,3-4,11H2,1-2H3,(H,27,29). The molecular formula is C25H23FN2O2. The number of halogens is 1. The molecule has 1 N–H and O–H groups in total. The Hall–Kier alpha value is -3.47. The van der Waals surface area contributed by atoms with E-state index in [9.17, 15) is 14.0 Å². The van der Waals surface area contributed by atoms with Gasteiger partial charge in [0.05, 0.1) is 0 Å². The Labute approximate surface area is 175 Å². The molecule has 5 heteroatoms. The van der Waals surface area contributed by atoms with Crippen LogP contribution in [0.25, 0.3) is 0 Å². The topological polar surface area (TPSA) is 49.4 Å². The number of hydrogen-bond donors (Lipinski definition) is 1. The fourth-order valence-corrected chi connectivity index (χ4v) is 3.95. The van der Waals surface area contributed by atoms with Crippen LogP contribution in [0, 0.1) is 19.7 Å². The SMILES string of the molecule is Cc1cc(C)cc(NC(=O)c2ccc3c(c2)CCCN3C(=O)c2ccc(F)cc2)c1. The second kappa shape index (κ2) is 8.11. The minimum absolute atomic E-state index is 0.164. The number of benzene rings is 3. The lowest BCUT2D eigenvalue weighted by molar-refractivity contribution is 0.0984. The van der Waals surface area contributed by atoms with Gasteiger partial charge in [-0.3, -0.25) is 9.59 Å². The maximum absolute atomic E-state index is 13.2. The van der Waals surface area contributed by atoms with Gasteiger partial charge in [0.15, 0.2) is 0 Å². The number of carbonyl (C=O) groups excluding carboxylic acids is 2. The monoisotopic (exact) mass is 402 g/mol. The quantitative estimate of drug-likeness (QED) is 0.647. The number of hydrogen-bond acceptors (Lipinski definition) is 2. The van der Waals surface area contributed by atoms with E-state index in [0.717, 1.165) is 40.9 Å². The van der Waals surface area contributed by atoms with Crippen molar-refractivity contribution in [2.75, 3.05) is 16.8 Å². The third kappa shape index (κ3) is 4.10. The summed E-state index contributed by atoms with van der Waals surface area (Å²) in [5.41, 5.74) is 5.72. The average Bonchev–Trinajstić information content (AvgIpc) is 2.72. The van der Waals surface area contributed by atoms with E-state index in [1.165, 1.54) is 24.3 Å². The third-order valence-corrected chi connectivity index (χ3v) is 5.28. The lowest BCUT2D eigenvalue weighted by Gasteiger charge is -2.30. The van der Waals surface area contributed by atoms with Crippen molar-refractivity contribution in [1.82, 2.24) is 0 Å². The number of anilines is 2. The number of rotatable bonds is 3. The molecule has 3 aromatic rings. The molecule has 152 valence electrons. The summed E-state index contributed by atoms with van der Waals surface area (Å²) in [5.74, 6) is -0.710. The summed E-state index contributed by atoms with van der Waals surface area (Å²) in [6, 6.07) is 16.9. The van der Waals surface area contributed by atoms with Crippen LogP contribution in [0.4, 0.5) is 15.8 Å². The van der Waals surface area contributed by atoms with Crippen LogP contribution >= 0.6 is 0 Å². The maximum Gasteiger partial charge on any atom is 0.258 e. The summed E-state index contributed by atoms with van der Waals surface area (Å²) >= 11 is 0. The second-order valence-corrected chi connectivity index (χ2v) is 7.74. The first-order chi connectivity index (χ1) is 14.4. The molecule has 1 heterocycles. The summed E-state index contributed by atoms with van der Waals surface area (Å²) in [7, 11) is 0. The van der Waals surface area contributed by atoms with Crippen molar-refractivity contribution >= 4 is 23.2 Å². The summed E-state index contributed by atoms with van der Waals surface area (Å²) in [5, 5.41) is 2.96. The van der Waals surface area contributed by atoms with Crippen molar-refractivity contribution < 1.29 is 14.0 Å². The molecule has 1 aliphatic rings. The highest BCUT2D eigenvalue weighted by molar-refractivity contribution is 6.08. The molecule has 2 amide bonds. The largest absolute Gasteiger partial charge is 0.322 e. The molecule has 0 bridgehead atoms. The fourth-order valence-electron chi connectivity index (χ4n) is 3.95. The van der Waals surface area contributed by atoms with Gasteiger partial charge in [0, 0.05) is 29.0 Å². The predicted octanol–water partition coefficient (Wildman–Crippen LogP) is 5.29. The normalized spacial score (nSPS) is 13.0. The maximum atomic E-state index is 13.2. The Morgan fingerprint density at radius 1 is 0.900 bits per heavy atom. The summed E-state index contributed by atoms with van der Waals surface area (Å²) in [4.78, 5) is 27.4. The molecule has 0 spiro atoms. The summed E-state index contributed by atoms with van der Waals surface area (Å²) in [6.07, 6.45) is 1.61. The van der Waals surface area contributed by atoms with Crippen molar-refractivity contribution in [2.45, 2.75) is 26.7 Å². The van der Waals surface area contributed by atoms with Crippen molar-refractivity contribution in [3.05, 3.63) is 94.3 Å². The molecule has 0 aliphatic carbocycles. The van der Waals surface area contributed by atoms with Gasteiger partial charge >= 0.3 is 0 Å². The minimum Gasteiger partial charge on any atom is -0.322 e. The first-order valence-corrected chi connectivity index (χ1v) is 10.0. The Kier molecular flexibility index (Phi) is 5.36. The van der Waals surface area contributed by atoms with E-state index in [2.05, 4.69) is 11.4 Å². The van der Waals surface area contributed by atoms with E-state index < -0.39 is 0 Å². The molecule has 0 fully saturated rings. The van der Waals surface area contributed by atoms with Crippen LogP contribution in [0.5, 0.6) is 0 Å². The van der Waals surface area contributed by atoms with Crippen LogP contribution in [0.1, 0.15) is 43.8 Å².